The molecule has 1 heterocycles. The van der Waals surface area contributed by atoms with Crippen molar-refractivity contribution in [3.63, 3.8) is 0 Å². The van der Waals surface area contributed by atoms with Crippen LogP contribution in [-0.2, 0) is 11.4 Å². The fourth-order valence-corrected chi connectivity index (χ4v) is 4.34. The molecule has 0 aromatic heterocycles. The van der Waals surface area contributed by atoms with Gasteiger partial charge in [-0.15, -0.1) is 0 Å². The molecule has 0 aliphatic carbocycles. The molecule has 35 heavy (non-hydrogen) atoms. The maximum Gasteiger partial charge on any atom is 0.283 e. The van der Waals surface area contributed by atoms with E-state index in [1.54, 1.807) is 43.3 Å². The number of benzene rings is 3. The largest absolute Gasteiger partial charge is 0.490 e. The van der Waals surface area contributed by atoms with Gasteiger partial charge in [-0.25, -0.2) is 0 Å². The minimum absolute atomic E-state index is 0.340. The van der Waals surface area contributed by atoms with Crippen LogP contribution in [0.1, 0.15) is 35.3 Å². The van der Waals surface area contributed by atoms with Crippen LogP contribution < -0.4 is 9.47 Å². The van der Waals surface area contributed by atoms with Crippen molar-refractivity contribution in [1.29, 1.82) is 0 Å². The number of carbonyl (C=O) groups excluding carboxylic acids is 2. The van der Waals surface area contributed by atoms with E-state index in [0.717, 1.165) is 15.0 Å². The van der Waals surface area contributed by atoms with Gasteiger partial charge in [-0.2, -0.15) is 10.1 Å². The molecule has 8 heteroatoms. The number of halogens is 2. The molecule has 1 aliphatic rings. The monoisotopic (exact) mass is 596 g/mol. The molecular formula is C27H22Br2N2O4. The van der Waals surface area contributed by atoms with Crippen LogP contribution in [-0.4, -0.2) is 29.1 Å². The number of amides is 2. The Labute approximate surface area is 220 Å². The second kappa shape index (κ2) is 11.0. The minimum Gasteiger partial charge on any atom is -0.490 e. The Bertz CT molecular complexity index is 1320. The van der Waals surface area contributed by atoms with E-state index in [9.17, 15) is 9.59 Å². The maximum atomic E-state index is 13.0. The average Bonchev–Trinajstić information content (AvgIpc) is 3.13. The summed E-state index contributed by atoms with van der Waals surface area (Å²) >= 11 is 7.01. The van der Waals surface area contributed by atoms with Crippen LogP contribution in [0.5, 0.6) is 11.5 Å². The normalized spacial score (nSPS) is 14.3. The van der Waals surface area contributed by atoms with Gasteiger partial charge in [-0.3, -0.25) is 9.59 Å². The van der Waals surface area contributed by atoms with E-state index < -0.39 is 11.8 Å². The number of hydrazone groups is 1. The summed E-state index contributed by atoms with van der Waals surface area (Å²) in [6.45, 7) is 4.41. The van der Waals surface area contributed by atoms with Crippen molar-refractivity contribution in [1.82, 2.24) is 5.01 Å². The average molecular weight is 598 g/mol. The van der Waals surface area contributed by atoms with E-state index >= 15 is 0 Å². The van der Waals surface area contributed by atoms with Gasteiger partial charge in [-0.05, 0) is 83.4 Å². The number of nitrogens with zero attached hydrogens (tertiary/aromatic N) is 2. The van der Waals surface area contributed by atoms with Crippen LogP contribution in [0.15, 0.2) is 86.3 Å². The molecule has 1 aliphatic heterocycles. The number of hydrogen-bond donors (Lipinski definition) is 0. The first-order valence-corrected chi connectivity index (χ1v) is 12.5. The van der Waals surface area contributed by atoms with E-state index in [1.165, 1.54) is 0 Å². The minimum atomic E-state index is -0.471. The molecule has 4 rings (SSSR count). The predicted molar refractivity (Wildman–Crippen MR) is 142 cm³/mol. The summed E-state index contributed by atoms with van der Waals surface area (Å²) in [7, 11) is 0. The first-order valence-electron chi connectivity index (χ1n) is 10.9. The Hall–Kier alpha value is -3.23. The maximum absolute atomic E-state index is 13.0. The topological polar surface area (TPSA) is 68.2 Å². The molecule has 6 nitrogen and oxygen atoms in total. The quantitative estimate of drug-likeness (QED) is 0.226. The van der Waals surface area contributed by atoms with Gasteiger partial charge in [0.25, 0.3) is 11.8 Å². The molecule has 0 spiro atoms. The van der Waals surface area contributed by atoms with E-state index in [4.69, 9.17) is 9.47 Å². The first-order chi connectivity index (χ1) is 16.9. The fraction of sp³-hybridized carbons (Fsp3) is 0.148. The Morgan fingerprint density at radius 1 is 1.03 bits per heavy atom. The van der Waals surface area contributed by atoms with Crippen LogP contribution in [0.3, 0.4) is 0 Å². The number of carbonyl (C=O) groups is 2. The van der Waals surface area contributed by atoms with Gasteiger partial charge in [0, 0.05) is 10.0 Å². The highest BCUT2D eigenvalue weighted by molar-refractivity contribution is 9.10. The lowest BCUT2D eigenvalue weighted by atomic mass is 10.1. The van der Waals surface area contributed by atoms with Gasteiger partial charge in [-0.1, -0.05) is 46.3 Å². The van der Waals surface area contributed by atoms with Gasteiger partial charge < -0.3 is 9.47 Å². The molecule has 0 bridgehead atoms. The number of ether oxygens (including phenoxy) is 2. The van der Waals surface area contributed by atoms with Gasteiger partial charge in [0.15, 0.2) is 11.5 Å². The van der Waals surface area contributed by atoms with E-state index in [0.29, 0.717) is 51.6 Å². The van der Waals surface area contributed by atoms with Crippen molar-refractivity contribution in [3.8, 4) is 11.5 Å². The Morgan fingerprint density at radius 3 is 2.43 bits per heavy atom. The molecule has 0 atom stereocenters. The summed E-state index contributed by atoms with van der Waals surface area (Å²) < 4.78 is 13.6. The number of rotatable bonds is 7. The second-order valence-electron chi connectivity index (χ2n) is 7.71. The van der Waals surface area contributed by atoms with Gasteiger partial charge >= 0.3 is 0 Å². The van der Waals surface area contributed by atoms with Crippen molar-refractivity contribution in [2.24, 2.45) is 5.10 Å². The summed E-state index contributed by atoms with van der Waals surface area (Å²) in [4.78, 5) is 25.8. The summed E-state index contributed by atoms with van der Waals surface area (Å²) in [5, 5.41) is 5.11. The molecule has 0 saturated carbocycles. The van der Waals surface area contributed by atoms with Crippen LogP contribution in [0.25, 0.3) is 6.08 Å². The molecule has 178 valence electrons. The predicted octanol–water partition coefficient (Wildman–Crippen LogP) is 6.63. The molecule has 0 unspecified atom stereocenters. The van der Waals surface area contributed by atoms with Crippen LogP contribution in [0.4, 0.5) is 0 Å². The Balaban J connectivity index is 1.59. The van der Waals surface area contributed by atoms with E-state index in [2.05, 4.69) is 37.0 Å². The lowest BCUT2D eigenvalue weighted by Crippen LogP contribution is -2.29. The molecule has 0 N–H and O–H groups in total. The van der Waals surface area contributed by atoms with Gasteiger partial charge in [0.1, 0.15) is 6.61 Å². The van der Waals surface area contributed by atoms with Crippen molar-refractivity contribution < 1.29 is 19.1 Å². The summed E-state index contributed by atoms with van der Waals surface area (Å²) in [6, 6.07) is 20.1. The Morgan fingerprint density at radius 2 is 1.74 bits per heavy atom. The van der Waals surface area contributed by atoms with Gasteiger partial charge in [0.2, 0.25) is 0 Å². The highest BCUT2D eigenvalue weighted by Gasteiger charge is 2.33. The number of imide groups is 1. The Kier molecular flexibility index (Phi) is 7.83. The van der Waals surface area contributed by atoms with Crippen molar-refractivity contribution in [2.75, 3.05) is 6.61 Å². The standard InChI is InChI=1S/C27H22Br2N2O4/c1-3-34-24-15-19(14-23(29)25(24)35-16-18-9-11-21(28)12-10-18)13-22-17(2)30-31(27(22)33)26(32)20-7-5-4-6-8-20/h4-15H,3,16H2,1-2H3/b22-13+. The highest BCUT2D eigenvalue weighted by atomic mass is 79.9. The molecule has 2 amide bonds. The third-order valence-electron chi connectivity index (χ3n) is 5.21. The second-order valence-corrected chi connectivity index (χ2v) is 9.48. The fourth-order valence-electron chi connectivity index (χ4n) is 3.50. The van der Waals surface area contributed by atoms with Crippen molar-refractivity contribution in [3.05, 3.63) is 97.9 Å². The zero-order valence-corrected chi connectivity index (χ0v) is 22.3. The lowest BCUT2D eigenvalue weighted by molar-refractivity contribution is -0.123. The summed E-state index contributed by atoms with van der Waals surface area (Å²) in [6.07, 6.45) is 1.70. The highest BCUT2D eigenvalue weighted by Crippen LogP contribution is 2.38. The molecule has 0 radical (unpaired) electrons. The SMILES string of the molecule is CCOc1cc(/C=C2/C(=O)N(C(=O)c3ccccc3)N=C2C)cc(Br)c1OCc1ccc(Br)cc1. The molecular weight excluding hydrogens is 576 g/mol. The molecule has 3 aromatic rings. The molecule has 3 aromatic carbocycles. The molecule has 0 fully saturated rings. The van der Waals surface area contributed by atoms with Gasteiger partial charge in [0.05, 0.1) is 22.4 Å². The summed E-state index contributed by atoms with van der Waals surface area (Å²) in [5.41, 5.74) is 2.92. The number of hydrogen-bond acceptors (Lipinski definition) is 5. The van der Waals surface area contributed by atoms with Crippen LogP contribution >= 0.6 is 31.9 Å². The third kappa shape index (κ3) is 5.71. The van der Waals surface area contributed by atoms with Crippen molar-refractivity contribution in [2.45, 2.75) is 20.5 Å². The summed E-state index contributed by atoms with van der Waals surface area (Å²) in [5.74, 6) is 0.177. The third-order valence-corrected chi connectivity index (χ3v) is 6.33. The first kappa shape index (κ1) is 24.9. The molecule has 0 saturated heterocycles. The smallest absolute Gasteiger partial charge is 0.283 e. The lowest BCUT2D eigenvalue weighted by Gasteiger charge is -2.15. The van der Waals surface area contributed by atoms with E-state index in [1.807, 2.05) is 43.3 Å². The van der Waals surface area contributed by atoms with Crippen LogP contribution in [0, 0.1) is 0 Å². The van der Waals surface area contributed by atoms with Crippen LogP contribution in [0.2, 0.25) is 0 Å². The zero-order valence-electron chi connectivity index (χ0n) is 19.1. The van der Waals surface area contributed by atoms with Crippen molar-refractivity contribution >= 4 is 55.5 Å². The van der Waals surface area contributed by atoms with E-state index in [-0.39, 0.29) is 0 Å². The zero-order chi connectivity index (χ0) is 24.9.